The molecule has 0 spiro atoms. The van der Waals surface area contributed by atoms with Crippen molar-refractivity contribution in [3.05, 3.63) is 29.3 Å². The molecule has 0 saturated carbocycles. The van der Waals surface area contributed by atoms with Crippen LogP contribution in [0.1, 0.15) is 38.8 Å². The predicted molar refractivity (Wildman–Crippen MR) is 78.4 cm³/mol. The summed E-state index contributed by atoms with van der Waals surface area (Å²) in [5.41, 5.74) is 0.0266. The van der Waals surface area contributed by atoms with Gasteiger partial charge in [-0.25, -0.2) is 4.79 Å². The lowest BCUT2D eigenvalue weighted by Gasteiger charge is -2.28. The molecule has 1 aliphatic rings. The fraction of sp³-hybridized carbons (Fsp3) is 0.500. The number of rotatable bonds is 3. The van der Waals surface area contributed by atoms with E-state index in [1.165, 1.54) is 0 Å². The lowest BCUT2D eigenvalue weighted by molar-refractivity contribution is -0.113. The van der Waals surface area contributed by atoms with Gasteiger partial charge in [-0.2, -0.15) is 0 Å². The monoisotopic (exact) mass is 291 g/mol. The summed E-state index contributed by atoms with van der Waals surface area (Å²) in [5.74, 6) is 0.837. The van der Waals surface area contributed by atoms with Gasteiger partial charge in [0.2, 0.25) is 0 Å². The first-order chi connectivity index (χ1) is 9.73. The van der Waals surface area contributed by atoms with Crippen LogP contribution in [0.5, 0.6) is 5.75 Å². The number of hydrogen-bond acceptors (Lipinski definition) is 4. The van der Waals surface area contributed by atoms with Gasteiger partial charge in [0.1, 0.15) is 23.2 Å². The van der Waals surface area contributed by atoms with Crippen molar-refractivity contribution >= 4 is 12.4 Å². The zero-order valence-electron chi connectivity index (χ0n) is 12.9. The molecule has 0 aromatic heterocycles. The molecule has 1 amide bonds. The Morgan fingerprint density at radius 1 is 1.33 bits per heavy atom. The molecular weight excluding hydrogens is 270 g/mol. The van der Waals surface area contributed by atoms with Crippen LogP contribution in [0.15, 0.2) is 18.2 Å². The normalized spacial score (nSPS) is 16.4. The standard InChI is InChI=1S/C16H21NO4/c1-15(2,3)21-14(19)17-16(4,10-18)12-5-6-13-11(9-12)7-8-20-13/h5-6,9-10H,7-8H2,1-4H3,(H,17,19). The Balaban J connectivity index is 2.21. The van der Waals surface area contributed by atoms with Crippen molar-refractivity contribution in [3.63, 3.8) is 0 Å². The summed E-state index contributed by atoms with van der Waals surface area (Å²) in [6.07, 6.45) is 0.910. The molecule has 1 aliphatic heterocycles. The molecule has 5 heteroatoms. The van der Waals surface area contributed by atoms with E-state index in [-0.39, 0.29) is 0 Å². The van der Waals surface area contributed by atoms with E-state index in [1.807, 2.05) is 12.1 Å². The lowest BCUT2D eigenvalue weighted by Crippen LogP contribution is -2.47. The van der Waals surface area contributed by atoms with E-state index in [1.54, 1.807) is 33.8 Å². The van der Waals surface area contributed by atoms with Crippen molar-refractivity contribution in [1.82, 2.24) is 5.32 Å². The molecule has 2 rings (SSSR count). The number of ether oxygens (including phenoxy) is 2. The molecule has 0 radical (unpaired) electrons. The maximum atomic E-state index is 11.9. The third-order valence-electron chi connectivity index (χ3n) is 3.29. The first-order valence-corrected chi connectivity index (χ1v) is 6.97. The highest BCUT2D eigenvalue weighted by atomic mass is 16.6. The van der Waals surface area contributed by atoms with Crippen LogP contribution < -0.4 is 10.1 Å². The average molecular weight is 291 g/mol. The molecular formula is C16H21NO4. The van der Waals surface area contributed by atoms with Crippen molar-refractivity contribution in [2.45, 2.75) is 45.3 Å². The SMILES string of the molecule is CC(C)(C)OC(=O)NC(C)(C=O)c1ccc2c(c1)CCO2. The van der Waals surface area contributed by atoms with E-state index in [2.05, 4.69) is 5.32 Å². The molecule has 1 unspecified atom stereocenters. The summed E-state index contributed by atoms with van der Waals surface area (Å²) in [6, 6.07) is 5.51. The molecule has 0 aliphatic carbocycles. The first kappa shape index (κ1) is 15.4. The van der Waals surface area contributed by atoms with Gasteiger partial charge >= 0.3 is 6.09 Å². The topological polar surface area (TPSA) is 64.6 Å². The Kier molecular flexibility index (Phi) is 3.94. The number of amides is 1. The molecule has 114 valence electrons. The summed E-state index contributed by atoms with van der Waals surface area (Å²) >= 11 is 0. The number of hydrogen-bond donors (Lipinski definition) is 1. The second-order valence-electron chi connectivity index (χ2n) is 6.37. The number of benzene rings is 1. The Morgan fingerprint density at radius 2 is 2.05 bits per heavy atom. The first-order valence-electron chi connectivity index (χ1n) is 6.97. The molecule has 1 atom stereocenters. The van der Waals surface area contributed by atoms with Crippen molar-refractivity contribution in [2.24, 2.45) is 0 Å². The zero-order chi connectivity index (χ0) is 15.7. The Morgan fingerprint density at radius 3 is 2.67 bits per heavy atom. The number of fused-ring (bicyclic) bond motifs is 1. The number of carbonyl (C=O) groups excluding carboxylic acids is 2. The molecule has 0 saturated heterocycles. The van der Waals surface area contributed by atoms with Crippen LogP contribution in [-0.4, -0.2) is 24.6 Å². The van der Waals surface area contributed by atoms with E-state index < -0.39 is 17.2 Å². The predicted octanol–water partition coefficient (Wildman–Crippen LogP) is 2.56. The zero-order valence-corrected chi connectivity index (χ0v) is 12.9. The largest absolute Gasteiger partial charge is 0.493 e. The van der Waals surface area contributed by atoms with Crippen LogP contribution in [0.25, 0.3) is 0 Å². The molecule has 1 N–H and O–H groups in total. The van der Waals surface area contributed by atoms with Crippen molar-refractivity contribution in [3.8, 4) is 5.75 Å². The molecule has 1 aromatic rings. The smallest absolute Gasteiger partial charge is 0.408 e. The van der Waals surface area contributed by atoms with Crippen molar-refractivity contribution in [1.29, 1.82) is 0 Å². The highest BCUT2D eigenvalue weighted by molar-refractivity contribution is 5.78. The number of nitrogens with one attached hydrogen (secondary N) is 1. The van der Waals surface area contributed by atoms with E-state index in [0.29, 0.717) is 18.5 Å². The third kappa shape index (κ3) is 3.54. The molecule has 1 aromatic carbocycles. The van der Waals surface area contributed by atoms with Gasteiger partial charge < -0.3 is 19.6 Å². The minimum absolute atomic E-state index is 0.611. The molecule has 5 nitrogen and oxygen atoms in total. The maximum Gasteiger partial charge on any atom is 0.408 e. The van der Waals surface area contributed by atoms with Crippen LogP contribution in [-0.2, 0) is 21.5 Å². The van der Waals surface area contributed by atoms with Gasteiger partial charge in [0.25, 0.3) is 0 Å². The van der Waals surface area contributed by atoms with E-state index >= 15 is 0 Å². The second kappa shape index (κ2) is 5.39. The Labute approximate surface area is 124 Å². The molecule has 1 heterocycles. The van der Waals surface area contributed by atoms with Gasteiger partial charge in [0.15, 0.2) is 0 Å². The van der Waals surface area contributed by atoms with Crippen LogP contribution in [0.3, 0.4) is 0 Å². The maximum absolute atomic E-state index is 11.9. The fourth-order valence-electron chi connectivity index (χ4n) is 2.19. The van der Waals surface area contributed by atoms with Gasteiger partial charge in [-0.3, -0.25) is 0 Å². The van der Waals surface area contributed by atoms with Gasteiger partial charge in [-0.05, 0) is 51.0 Å². The van der Waals surface area contributed by atoms with Crippen molar-refractivity contribution < 1.29 is 19.1 Å². The molecule has 0 bridgehead atoms. The van der Waals surface area contributed by atoms with Gasteiger partial charge in [0, 0.05) is 6.42 Å². The summed E-state index contributed by atoms with van der Waals surface area (Å²) in [7, 11) is 0. The summed E-state index contributed by atoms with van der Waals surface area (Å²) < 4.78 is 10.7. The highest BCUT2D eigenvalue weighted by Crippen LogP contribution is 2.30. The fourth-order valence-corrected chi connectivity index (χ4v) is 2.19. The van der Waals surface area contributed by atoms with Crippen LogP contribution in [0, 0.1) is 0 Å². The van der Waals surface area contributed by atoms with E-state index in [4.69, 9.17) is 9.47 Å². The minimum atomic E-state index is -1.13. The van der Waals surface area contributed by atoms with Crippen LogP contribution in [0.4, 0.5) is 4.79 Å². The van der Waals surface area contributed by atoms with Crippen LogP contribution >= 0.6 is 0 Å². The molecule has 0 fully saturated rings. The van der Waals surface area contributed by atoms with Crippen molar-refractivity contribution in [2.75, 3.05) is 6.61 Å². The lowest BCUT2D eigenvalue weighted by atomic mass is 9.92. The van der Waals surface area contributed by atoms with E-state index in [9.17, 15) is 9.59 Å². The minimum Gasteiger partial charge on any atom is -0.493 e. The van der Waals surface area contributed by atoms with Gasteiger partial charge in [-0.15, -0.1) is 0 Å². The summed E-state index contributed by atoms with van der Waals surface area (Å²) in [6.45, 7) is 7.63. The highest BCUT2D eigenvalue weighted by Gasteiger charge is 2.31. The third-order valence-corrected chi connectivity index (χ3v) is 3.29. The van der Waals surface area contributed by atoms with Crippen LogP contribution in [0.2, 0.25) is 0 Å². The summed E-state index contributed by atoms with van der Waals surface area (Å²) in [5, 5.41) is 2.64. The second-order valence-corrected chi connectivity index (χ2v) is 6.37. The quantitative estimate of drug-likeness (QED) is 0.869. The van der Waals surface area contributed by atoms with E-state index in [0.717, 1.165) is 17.7 Å². The van der Waals surface area contributed by atoms with Gasteiger partial charge in [0.05, 0.1) is 6.61 Å². The molecule has 21 heavy (non-hydrogen) atoms. The Bertz CT molecular complexity index is 562. The number of carbonyl (C=O) groups is 2. The number of alkyl carbamates (subject to hydrolysis) is 1. The summed E-state index contributed by atoms with van der Waals surface area (Å²) in [4.78, 5) is 23.5. The average Bonchev–Trinajstić information content (AvgIpc) is 2.83. The number of aldehydes is 1. The van der Waals surface area contributed by atoms with Gasteiger partial charge in [-0.1, -0.05) is 6.07 Å². The Hall–Kier alpha value is -2.04.